The molecule has 0 radical (unpaired) electrons. The Morgan fingerprint density at radius 3 is 1.97 bits per heavy atom. The number of benzene rings is 4. The molecule has 1 heterocycles. The summed E-state index contributed by atoms with van der Waals surface area (Å²) in [6, 6.07) is 26.8. The van der Waals surface area contributed by atoms with Crippen molar-refractivity contribution in [2.24, 2.45) is 0 Å². The van der Waals surface area contributed by atoms with Crippen molar-refractivity contribution >= 4 is 32.1 Å². The van der Waals surface area contributed by atoms with Gasteiger partial charge in [0.2, 0.25) is 0 Å². The average Bonchev–Trinajstić information content (AvgIpc) is 3.16. The highest BCUT2D eigenvalue weighted by molar-refractivity contribution is 7.88. The van der Waals surface area contributed by atoms with Crippen LogP contribution in [-0.2, 0) is 10.1 Å². The molecule has 0 N–H and O–H groups in total. The lowest BCUT2D eigenvalue weighted by Gasteiger charge is -2.10. The van der Waals surface area contributed by atoms with Crippen molar-refractivity contribution < 1.29 is 30.2 Å². The summed E-state index contributed by atoms with van der Waals surface area (Å²) >= 11 is 0. The molecule has 0 aliphatic heterocycles. The molecule has 0 saturated heterocycles. The predicted octanol–water partition coefficient (Wildman–Crippen LogP) is 7.15. The third-order valence-corrected chi connectivity index (χ3v) is 6.20. The minimum absolute atomic E-state index is 0.393. The number of rotatable bonds is 4. The molecular weight excluding hydrogens is 453 g/mol. The first-order valence-electron chi connectivity index (χ1n) is 9.85. The first-order chi connectivity index (χ1) is 15.7. The van der Waals surface area contributed by atoms with Gasteiger partial charge in [-0.2, -0.15) is 21.6 Å². The van der Waals surface area contributed by atoms with Gasteiger partial charge in [0.1, 0.15) is 16.9 Å². The van der Waals surface area contributed by atoms with Crippen molar-refractivity contribution in [1.82, 2.24) is 0 Å². The van der Waals surface area contributed by atoms with Crippen LogP contribution >= 0.6 is 0 Å². The van der Waals surface area contributed by atoms with Gasteiger partial charge in [0.15, 0.2) is 0 Å². The first kappa shape index (κ1) is 21.1. The van der Waals surface area contributed by atoms with Gasteiger partial charge in [0.05, 0.1) is 0 Å². The summed E-state index contributed by atoms with van der Waals surface area (Å²) in [5.41, 5.74) is -1.08. The Balaban J connectivity index is 1.76. The van der Waals surface area contributed by atoms with E-state index in [0.717, 1.165) is 28.3 Å². The standard InChI is InChI=1S/C25H15F3O4S/c26-25(27,28)33(29,30)32-19-11-12-22-21(15-19)24-20(17-9-5-2-6-10-17)13-18(14-23(24)31-22)16-7-3-1-4-8-16/h1-15H. The lowest BCUT2D eigenvalue weighted by atomic mass is 9.94. The van der Waals surface area contributed by atoms with Crippen LogP contribution < -0.4 is 4.18 Å². The molecular formula is C25H15F3O4S. The number of hydrogen-bond donors (Lipinski definition) is 0. The van der Waals surface area contributed by atoms with Crippen LogP contribution in [0.1, 0.15) is 0 Å². The third kappa shape index (κ3) is 3.82. The Bertz CT molecular complexity index is 1570. The van der Waals surface area contributed by atoms with Crippen LogP contribution in [0.25, 0.3) is 44.2 Å². The largest absolute Gasteiger partial charge is 0.534 e. The Morgan fingerprint density at radius 2 is 1.33 bits per heavy atom. The second kappa shape index (κ2) is 7.67. The molecule has 5 aromatic rings. The van der Waals surface area contributed by atoms with Gasteiger partial charge in [0.25, 0.3) is 0 Å². The Morgan fingerprint density at radius 1 is 0.697 bits per heavy atom. The van der Waals surface area contributed by atoms with Crippen LogP contribution in [0.2, 0.25) is 0 Å². The number of alkyl halides is 3. The molecule has 0 bridgehead atoms. The smallest absolute Gasteiger partial charge is 0.456 e. The van der Waals surface area contributed by atoms with Crippen LogP contribution in [-0.4, -0.2) is 13.9 Å². The van der Waals surface area contributed by atoms with Gasteiger partial charge in [0, 0.05) is 10.8 Å². The van der Waals surface area contributed by atoms with E-state index in [0.29, 0.717) is 21.9 Å². The van der Waals surface area contributed by atoms with Gasteiger partial charge in [-0.1, -0.05) is 60.7 Å². The fourth-order valence-corrected chi connectivity index (χ4v) is 4.21. The van der Waals surface area contributed by atoms with E-state index < -0.39 is 21.4 Å². The van der Waals surface area contributed by atoms with E-state index in [9.17, 15) is 21.6 Å². The van der Waals surface area contributed by atoms with Crippen LogP contribution in [0.3, 0.4) is 0 Å². The van der Waals surface area contributed by atoms with E-state index >= 15 is 0 Å². The molecule has 0 aliphatic carbocycles. The fraction of sp³-hybridized carbons (Fsp3) is 0.0400. The molecule has 4 nitrogen and oxygen atoms in total. The van der Waals surface area contributed by atoms with Gasteiger partial charge < -0.3 is 8.60 Å². The van der Waals surface area contributed by atoms with E-state index in [4.69, 9.17) is 4.42 Å². The Kier molecular flexibility index (Phi) is 4.90. The van der Waals surface area contributed by atoms with E-state index in [1.807, 2.05) is 72.8 Å². The number of fused-ring (bicyclic) bond motifs is 3. The summed E-state index contributed by atoms with van der Waals surface area (Å²) < 4.78 is 71.7. The SMILES string of the molecule is O=S(=O)(Oc1ccc2oc3cc(-c4ccccc4)cc(-c4ccccc4)c3c2c1)C(F)(F)F. The lowest BCUT2D eigenvalue weighted by Crippen LogP contribution is -2.28. The summed E-state index contributed by atoms with van der Waals surface area (Å²) in [4.78, 5) is 0. The maximum absolute atomic E-state index is 12.8. The van der Waals surface area contributed by atoms with E-state index in [2.05, 4.69) is 4.18 Å². The first-order valence-corrected chi connectivity index (χ1v) is 11.3. The molecule has 5 rings (SSSR count). The highest BCUT2D eigenvalue weighted by Crippen LogP contribution is 2.41. The molecule has 0 fully saturated rings. The quantitative estimate of drug-likeness (QED) is 0.208. The molecule has 4 aromatic carbocycles. The zero-order valence-electron chi connectivity index (χ0n) is 16.8. The molecule has 8 heteroatoms. The second-order valence-corrected chi connectivity index (χ2v) is 8.91. The topological polar surface area (TPSA) is 56.5 Å². The second-order valence-electron chi connectivity index (χ2n) is 7.37. The summed E-state index contributed by atoms with van der Waals surface area (Å²) in [5.74, 6) is -0.450. The molecule has 0 unspecified atom stereocenters. The van der Waals surface area contributed by atoms with Gasteiger partial charge in [-0.3, -0.25) is 0 Å². The molecule has 0 amide bonds. The highest BCUT2D eigenvalue weighted by atomic mass is 32.2. The van der Waals surface area contributed by atoms with Gasteiger partial charge in [-0.15, -0.1) is 0 Å². The normalized spacial score (nSPS) is 12.3. The maximum atomic E-state index is 12.8. The summed E-state index contributed by atoms with van der Waals surface area (Å²) in [7, 11) is -5.79. The van der Waals surface area contributed by atoms with E-state index in [1.165, 1.54) is 12.1 Å². The minimum Gasteiger partial charge on any atom is -0.456 e. The molecule has 0 atom stereocenters. The maximum Gasteiger partial charge on any atom is 0.534 e. The fourth-order valence-electron chi connectivity index (χ4n) is 3.75. The third-order valence-electron chi connectivity index (χ3n) is 5.22. The van der Waals surface area contributed by atoms with Gasteiger partial charge in [-0.25, -0.2) is 0 Å². The van der Waals surface area contributed by atoms with Crippen molar-refractivity contribution in [3.63, 3.8) is 0 Å². The monoisotopic (exact) mass is 468 g/mol. The molecule has 166 valence electrons. The number of furan rings is 1. The Hall–Kier alpha value is -3.78. The van der Waals surface area contributed by atoms with Gasteiger partial charge >= 0.3 is 15.6 Å². The highest BCUT2D eigenvalue weighted by Gasteiger charge is 2.48. The number of halogens is 3. The molecule has 0 saturated carbocycles. The molecule has 0 spiro atoms. The van der Waals surface area contributed by atoms with Crippen LogP contribution in [0.5, 0.6) is 5.75 Å². The van der Waals surface area contributed by atoms with E-state index in [-0.39, 0.29) is 0 Å². The molecule has 0 aliphatic rings. The molecule has 1 aromatic heterocycles. The number of hydrogen-bond acceptors (Lipinski definition) is 4. The van der Waals surface area contributed by atoms with Crippen LogP contribution in [0.15, 0.2) is 95.4 Å². The predicted molar refractivity (Wildman–Crippen MR) is 120 cm³/mol. The minimum atomic E-state index is -5.79. The van der Waals surface area contributed by atoms with Gasteiger partial charge in [-0.05, 0) is 52.6 Å². The summed E-state index contributed by atoms with van der Waals surface area (Å²) in [5, 5.41) is 1.09. The van der Waals surface area contributed by atoms with Crippen molar-refractivity contribution in [3.8, 4) is 28.0 Å². The van der Waals surface area contributed by atoms with E-state index in [1.54, 1.807) is 0 Å². The summed E-state index contributed by atoms with van der Waals surface area (Å²) in [6.45, 7) is 0. The molecule has 33 heavy (non-hydrogen) atoms. The zero-order chi connectivity index (χ0) is 23.2. The Labute approximate surface area is 187 Å². The lowest BCUT2D eigenvalue weighted by molar-refractivity contribution is -0.0500. The van der Waals surface area contributed by atoms with Crippen molar-refractivity contribution in [2.75, 3.05) is 0 Å². The van der Waals surface area contributed by atoms with Crippen molar-refractivity contribution in [1.29, 1.82) is 0 Å². The zero-order valence-corrected chi connectivity index (χ0v) is 17.7. The van der Waals surface area contributed by atoms with Crippen molar-refractivity contribution in [3.05, 3.63) is 91.0 Å². The van der Waals surface area contributed by atoms with Crippen LogP contribution in [0, 0.1) is 0 Å². The van der Waals surface area contributed by atoms with Crippen molar-refractivity contribution in [2.45, 2.75) is 5.51 Å². The summed E-state index contributed by atoms with van der Waals surface area (Å²) in [6.07, 6.45) is 0. The van der Waals surface area contributed by atoms with Crippen LogP contribution in [0.4, 0.5) is 13.2 Å². The average molecular weight is 468 g/mol.